The lowest BCUT2D eigenvalue weighted by atomic mass is 10.2. The van der Waals surface area contributed by atoms with Gasteiger partial charge in [0, 0.05) is 16.7 Å². The van der Waals surface area contributed by atoms with Gasteiger partial charge in [0.25, 0.3) is 5.91 Å². The fourth-order valence-electron chi connectivity index (χ4n) is 3.17. The maximum absolute atomic E-state index is 12.8. The number of hydrogen-bond acceptors (Lipinski definition) is 5. The van der Waals surface area contributed by atoms with Crippen LogP contribution in [0.1, 0.15) is 20.9 Å². The first-order valence-corrected chi connectivity index (χ1v) is 12.1. The lowest BCUT2D eigenvalue weighted by Gasteiger charge is -2.08. The Balaban J connectivity index is 1.64. The zero-order valence-electron chi connectivity index (χ0n) is 16.2. The van der Waals surface area contributed by atoms with Gasteiger partial charge < -0.3 is 5.32 Å². The third-order valence-electron chi connectivity index (χ3n) is 4.61. The van der Waals surface area contributed by atoms with Crippen molar-refractivity contribution in [2.24, 2.45) is 0 Å². The van der Waals surface area contributed by atoms with Gasteiger partial charge in [0.2, 0.25) is 0 Å². The van der Waals surface area contributed by atoms with E-state index in [2.05, 4.69) is 10.4 Å². The lowest BCUT2D eigenvalue weighted by molar-refractivity contribution is 0.103. The minimum atomic E-state index is -3.46. The SMILES string of the molecule is Cc1nn(Cc2ccc(Cl)cc2)c2sc(C(=O)Nc3ccccc3S(C)(=O)=O)cc12. The second-order valence-corrected chi connectivity index (χ2v) is 10.4. The molecule has 0 bridgehead atoms. The van der Waals surface area contributed by atoms with Crippen LogP contribution >= 0.6 is 22.9 Å². The molecule has 4 rings (SSSR count). The molecular weight excluding hydrogens is 442 g/mol. The third-order valence-corrected chi connectivity index (χ3v) is 7.17. The van der Waals surface area contributed by atoms with Crippen molar-refractivity contribution in [1.82, 2.24) is 9.78 Å². The number of anilines is 1. The van der Waals surface area contributed by atoms with Gasteiger partial charge in [-0.15, -0.1) is 11.3 Å². The van der Waals surface area contributed by atoms with Gasteiger partial charge in [0.05, 0.1) is 27.7 Å². The summed E-state index contributed by atoms with van der Waals surface area (Å²) in [5.41, 5.74) is 2.14. The van der Waals surface area contributed by atoms with Crippen LogP contribution in [0, 0.1) is 6.92 Å². The number of rotatable bonds is 5. The Kier molecular flexibility index (Phi) is 5.40. The van der Waals surface area contributed by atoms with Crippen molar-refractivity contribution in [2.45, 2.75) is 18.4 Å². The van der Waals surface area contributed by atoms with Gasteiger partial charge in [-0.1, -0.05) is 35.9 Å². The Bertz CT molecular complexity index is 1360. The Morgan fingerprint density at radius 2 is 1.87 bits per heavy atom. The van der Waals surface area contributed by atoms with Crippen LogP contribution in [0.3, 0.4) is 0 Å². The van der Waals surface area contributed by atoms with E-state index in [1.165, 1.54) is 17.4 Å². The summed E-state index contributed by atoms with van der Waals surface area (Å²) in [4.78, 5) is 14.3. The van der Waals surface area contributed by atoms with Crippen molar-refractivity contribution in [2.75, 3.05) is 11.6 Å². The number of hydrogen-bond donors (Lipinski definition) is 1. The van der Waals surface area contributed by atoms with E-state index in [1.54, 1.807) is 24.3 Å². The highest BCUT2D eigenvalue weighted by Crippen LogP contribution is 2.30. The maximum Gasteiger partial charge on any atom is 0.265 e. The Morgan fingerprint density at radius 1 is 1.17 bits per heavy atom. The van der Waals surface area contributed by atoms with E-state index >= 15 is 0 Å². The summed E-state index contributed by atoms with van der Waals surface area (Å²) in [5, 5.41) is 8.88. The van der Waals surface area contributed by atoms with Gasteiger partial charge in [0.1, 0.15) is 4.83 Å². The average molecular weight is 460 g/mol. The van der Waals surface area contributed by atoms with E-state index in [4.69, 9.17) is 11.6 Å². The number of para-hydroxylation sites is 1. The number of amides is 1. The summed E-state index contributed by atoms with van der Waals surface area (Å²) in [7, 11) is -3.46. The Labute approximate surface area is 183 Å². The fraction of sp³-hybridized carbons (Fsp3) is 0.143. The Morgan fingerprint density at radius 3 is 2.57 bits per heavy atom. The first-order valence-electron chi connectivity index (χ1n) is 9.04. The molecule has 0 aliphatic heterocycles. The molecule has 1 amide bonds. The molecule has 0 saturated carbocycles. The largest absolute Gasteiger partial charge is 0.320 e. The number of carbonyl (C=O) groups is 1. The normalized spacial score (nSPS) is 11.7. The zero-order chi connectivity index (χ0) is 21.5. The zero-order valence-corrected chi connectivity index (χ0v) is 18.6. The second-order valence-electron chi connectivity index (χ2n) is 6.92. The van der Waals surface area contributed by atoms with Crippen LogP contribution in [0.2, 0.25) is 5.02 Å². The summed E-state index contributed by atoms with van der Waals surface area (Å²) in [6.45, 7) is 2.45. The van der Waals surface area contributed by atoms with E-state index in [9.17, 15) is 13.2 Å². The van der Waals surface area contributed by atoms with E-state index < -0.39 is 9.84 Å². The van der Waals surface area contributed by atoms with Crippen LogP contribution in [-0.2, 0) is 16.4 Å². The molecule has 2 heterocycles. The van der Waals surface area contributed by atoms with Gasteiger partial charge in [-0.05, 0) is 42.8 Å². The molecule has 0 atom stereocenters. The highest BCUT2D eigenvalue weighted by Gasteiger charge is 2.19. The van der Waals surface area contributed by atoms with Crippen LogP contribution in [-0.4, -0.2) is 30.4 Å². The number of nitrogens with one attached hydrogen (secondary N) is 1. The van der Waals surface area contributed by atoms with Crippen LogP contribution in [0.4, 0.5) is 5.69 Å². The molecule has 0 aliphatic rings. The number of sulfone groups is 1. The standard InChI is InChI=1S/C21H18ClN3O3S2/c1-13-16-11-18(20(26)23-17-5-3-4-6-19(17)30(2,27)28)29-21(16)25(24-13)12-14-7-9-15(22)10-8-14/h3-11H,12H2,1-2H3,(H,23,26). The molecule has 0 aliphatic carbocycles. The summed E-state index contributed by atoms with van der Waals surface area (Å²) in [6, 6.07) is 15.7. The number of aromatic nitrogens is 2. The second kappa shape index (κ2) is 7.86. The highest BCUT2D eigenvalue weighted by molar-refractivity contribution is 7.90. The number of carbonyl (C=O) groups excluding carboxylic acids is 1. The van der Waals surface area contributed by atoms with Crippen molar-refractivity contribution in [3.05, 3.63) is 75.8 Å². The van der Waals surface area contributed by atoms with Crippen molar-refractivity contribution >= 4 is 54.6 Å². The number of aryl methyl sites for hydroxylation is 1. The van der Waals surface area contributed by atoms with E-state index in [0.29, 0.717) is 16.4 Å². The molecule has 30 heavy (non-hydrogen) atoms. The number of fused-ring (bicyclic) bond motifs is 1. The lowest BCUT2D eigenvalue weighted by Crippen LogP contribution is -2.13. The molecule has 0 unspecified atom stereocenters. The van der Waals surface area contributed by atoms with Crippen LogP contribution < -0.4 is 5.32 Å². The predicted octanol–water partition coefficient (Wildman–Crippen LogP) is 4.76. The van der Waals surface area contributed by atoms with Crippen molar-refractivity contribution in [3.63, 3.8) is 0 Å². The molecule has 154 valence electrons. The van der Waals surface area contributed by atoms with Crippen molar-refractivity contribution in [3.8, 4) is 0 Å². The highest BCUT2D eigenvalue weighted by atomic mass is 35.5. The van der Waals surface area contributed by atoms with Gasteiger partial charge in [-0.3, -0.25) is 9.48 Å². The number of thiophene rings is 1. The van der Waals surface area contributed by atoms with Crippen molar-refractivity contribution in [1.29, 1.82) is 0 Å². The number of nitrogens with zero attached hydrogens (tertiary/aromatic N) is 2. The summed E-state index contributed by atoms with van der Waals surface area (Å²) in [6.07, 6.45) is 1.12. The monoisotopic (exact) mass is 459 g/mol. The van der Waals surface area contributed by atoms with E-state index in [-0.39, 0.29) is 16.5 Å². The van der Waals surface area contributed by atoms with E-state index in [0.717, 1.165) is 27.7 Å². The minimum absolute atomic E-state index is 0.0876. The summed E-state index contributed by atoms with van der Waals surface area (Å²) in [5.74, 6) is -0.357. The third kappa shape index (κ3) is 4.12. The topological polar surface area (TPSA) is 81.1 Å². The molecule has 4 aromatic rings. The first-order chi connectivity index (χ1) is 14.2. The summed E-state index contributed by atoms with van der Waals surface area (Å²) >= 11 is 7.28. The molecule has 2 aromatic heterocycles. The van der Waals surface area contributed by atoms with Gasteiger partial charge in [-0.2, -0.15) is 5.10 Å². The van der Waals surface area contributed by atoms with Crippen LogP contribution in [0.25, 0.3) is 10.2 Å². The van der Waals surface area contributed by atoms with Gasteiger partial charge in [-0.25, -0.2) is 8.42 Å². The molecular formula is C21H18ClN3O3S2. The number of benzene rings is 2. The molecule has 0 saturated heterocycles. The number of halogens is 1. The smallest absolute Gasteiger partial charge is 0.265 e. The first kappa shape index (κ1) is 20.6. The summed E-state index contributed by atoms with van der Waals surface area (Å²) < 4.78 is 25.8. The maximum atomic E-state index is 12.8. The predicted molar refractivity (Wildman–Crippen MR) is 120 cm³/mol. The van der Waals surface area contributed by atoms with Gasteiger partial charge in [0.15, 0.2) is 9.84 Å². The molecule has 0 spiro atoms. The van der Waals surface area contributed by atoms with Crippen LogP contribution in [0.15, 0.2) is 59.5 Å². The van der Waals surface area contributed by atoms with Crippen LogP contribution in [0.5, 0.6) is 0 Å². The molecule has 6 nitrogen and oxygen atoms in total. The fourth-order valence-corrected chi connectivity index (χ4v) is 5.20. The van der Waals surface area contributed by atoms with Gasteiger partial charge >= 0.3 is 0 Å². The minimum Gasteiger partial charge on any atom is -0.320 e. The molecule has 9 heteroatoms. The molecule has 0 fully saturated rings. The average Bonchev–Trinajstić information content (AvgIpc) is 3.25. The quantitative estimate of drug-likeness (QED) is 0.466. The molecule has 1 N–H and O–H groups in total. The Hall–Kier alpha value is -2.68. The molecule has 0 radical (unpaired) electrons. The molecule has 2 aromatic carbocycles. The van der Waals surface area contributed by atoms with Crippen molar-refractivity contribution < 1.29 is 13.2 Å². The van der Waals surface area contributed by atoms with E-state index in [1.807, 2.05) is 35.9 Å².